The summed E-state index contributed by atoms with van der Waals surface area (Å²) in [4.78, 5) is 28.6. The van der Waals surface area contributed by atoms with Crippen molar-refractivity contribution in [3.63, 3.8) is 0 Å². The second kappa shape index (κ2) is 10.0. The molecule has 0 unspecified atom stereocenters. The Kier molecular flexibility index (Phi) is 7.20. The molecule has 1 atom stereocenters. The molecular formula is C23H28N2O3. The number of hydrogen-bond donors (Lipinski definition) is 0. The number of amides is 2. The lowest BCUT2D eigenvalue weighted by atomic mass is 10.1. The summed E-state index contributed by atoms with van der Waals surface area (Å²) in [6.07, 6.45) is 1.49. The molecule has 1 fully saturated rings. The average molecular weight is 380 g/mol. The van der Waals surface area contributed by atoms with Crippen LogP contribution in [0.5, 0.6) is 0 Å². The van der Waals surface area contributed by atoms with Crippen LogP contribution in [0.4, 0.5) is 0 Å². The zero-order valence-corrected chi connectivity index (χ0v) is 16.4. The van der Waals surface area contributed by atoms with E-state index in [0.29, 0.717) is 26.3 Å². The van der Waals surface area contributed by atoms with Crippen LogP contribution >= 0.6 is 0 Å². The third kappa shape index (κ3) is 5.42. The number of hydrogen-bond acceptors (Lipinski definition) is 3. The van der Waals surface area contributed by atoms with Gasteiger partial charge in [0, 0.05) is 19.7 Å². The van der Waals surface area contributed by atoms with Crippen LogP contribution < -0.4 is 0 Å². The fourth-order valence-electron chi connectivity index (χ4n) is 3.46. The smallest absolute Gasteiger partial charge is 0.245 e. The quantitative estimate of drug-likeness (QED) is 0.629. The molecule has 0 aromatic heterocycles. The fourth-order valence-corrected chi connectivity index (χ4v) is 3.46. The Morgan fingerprint density at radius 1 is 0.929 bits per heavy atom. The van der Waals surface area contributed by atoms with Crippen LogP contribution in [0.15, 0.2) is 60.7 Å². The largest absolute Gasteiger partial charge is 0.377 e. The molecule has 0 bridgehead atoms. The van der Waals surface area contributed by atoms with Gasteiger partial charge in [0.15, 0.2) is 0 Å². The van der Waals surface area contributed by atoms with Crippen molar-refractivity contribution in [2.24, 2.45) is 0 Å². The minimum absolute atomic E-state index is 0.0169. The third-order valence-corrected chi connectivity index (χ3v) is 5.10. The van der Waals surface area contributed by atoms with Gasteiger partial charge in [-0.15, -0.1) is 0 Å². The van der Waals surface area contributed by atoms with E-state index >= 15 is 0 Å². The number of piperazine rings is 1. The van der Waals surface area contributed by atoms with Gasteiger partial charge in [0.05, 0.1) is 13.2 Å². The highest BCUT2D eigenvalue weighted by atomic mass is 16.5. The summed E-state index contributed by atoms with van der Waals surface area (Å²) in [6, 6.07) is 19.6. The van der Waals surface area contributed by atoms with Crippen molar-refractivity contribution in [3.8, 4) is 0 Å². The second-order valence-corrected chi connectivity index (χ2v) is 7.15. The van der Waals surface area contributed by atoms with Crippen molar-refractivity contribution in [1.29, 1.82) is 0 Å². The first-order valence-electron chi connectivity index (χ1n) is 9.89. The lowest BCUT2D eigenvalue weighted by Gasteiger charge is -2.38. The van der Waals surface area contributed by atoms with Gasteiger partial charge < -0.3 is 14.5 Å². The van der Waals surface area contributed by atoms with Crippen molar-refractivity contribution in [2.75, 3.05) is 26.2 Å². The van der Waals surface area contributed by atoms with Crippen molar-refractivity contribution >= 4 is 11.8 Å². The van der Waals surface area contributed by atoms with Crippen molar-refractivity contribution < 1.29 is 14.3 Å². The first kappa shape index (κ1) is 20.1. The summed E-state index contributed by atoms with van der Waals surface area (Å²) < 4.78 is 5.68. The number of rotatable bonds is 9. The number of benzene rings is 2. The lowest BCUT2D eigenvalue weighted by Crippen LogP contribution is -2.59. The van der Waals surface area contributed by atoms with Crippen LogP contribution in [0, 0.1) is 0 Å². The number of ether oxygens (including phenoxy) is 1. The van der Waals surface area contributed by atoms with Crippen molar-refractivity contribution in [2.45, 2.75) is 32.4 Å². The van der Waals surface area contributed by atoms with E-state index in [9.17, 15) is 9.59 Å². The van der Waals surface area contributed by atoms with E-state index in [0.717, 1.165) is 18.4 Å². The average Bonchev–Trinajstić information content (AvgIpc) is 2.73. The van der Waals surface area contributed by atoms with Crippen molar-refractivity contribution in [3.05, 3.63) is 71.8 Å². The van der Waals surface area contributed by atoms with E-state index in [2.05, 4.69) is 0 Å². The van der Waals surface area contributed by atoms with E-state index in [4.69, 9.17) is 4.74 Å². The molecule has 0 N–H and O–H groups in total. The van der Waals surface area contributed by atoms with Gasteiger partial charge in [-0.3, -0.25) is 9.59 Å². The Morgan fingerprint density at radius 3 is 2.25 bits per heavy atom. The molecule has 0 aliphatic carbocycles. The highest BCUT2D eigenvalue weighted by Crippen LogP contribution is 2.14. The van der Waals surface area contributed by atoms with E-state index in [1.54, 1.807) is 9.80 Å². The van der Waals surface area contributed by atoms with Crippen LogP contribution in [0.2, 0.25) is 0 Å². The molecule has 1 heterocycles. The molecule has 2 aromatic rings. The zero-order valence-electron chi connectivity index (χ0n) is 16.4. The predicted molar refractivity (Wildman–Crippen MR) is 109 cm³/mol. The summed E-state index contributed by atoms with van der Waals surface area (Å²) >= 11 is 0. The maximum atomic E-state index is 12.7. The minimum atomic E-state index is -0.411. The SMILES string of the molecule is C[C@@H]1C(=O)N(CCc2ccccc2)CC(=O)N1CCCOCc1ccccc1. The van der Waals surface area contributed by atoms with E-state index in [-0.39, 0.29) is 18.4 Å². The number of nitrogens with zero attached hydrogens (tertiary/aromatic N) is 2. The first-order chi connectivity index (χ1) is 13.6. The van der Waals surface area contributed by atoms with Gasteiger partial charge in [-0.1, -0.05) is 60.7 Å². The molecule has 0 radical (unpaired) electrons. The molecule has 1 saturated heterocycles. The third-order valence-electron chi connectivity index (χ3n) is 5.10. The summed E-state index contributed by atoms with van der Waals surface area (Å²) in [5.41, 5.74) is 2.31. The van der Waals surface area contributed by atoms with Gasteiger partial charge in [0.2, 0.25) is 11.8 Å². The number of carbonyl (C=O) groups excluding carboxylic acids is 2. The Hall–Kier alpha value is -2.66. The van der Waals surface area contributed by atoms with Gasteiger partial charge in [-0.05, 0) is 30.9 Å². The molecule has 0 spiro atoms. The Labute approximate surface area is 166 Å². The summed E-state index contributed by atoms with van der Waals surface area (Å²) in [5.74, 6) is 0.0453. The van der Waals surface area contributed by atoms with Crippen LogP contribution in [0.25, 0.3) is 0 Å². The van der Waals surface area contributed by atoms with Crippen LogP contribution in [0.3, 0.4) is 0 Å². The standard InChI is InChI=1S/C23H28N2O3/c1-19-23(27)24(15-13-20-9-4-2-5-10-20)17-22(26)25(19)14-8-16-28-18-21-11-6-3-7-12-21/h2-7,9-12,19H,8,13-18H2,1H3/t19-/m1/s1. The Morgan fingerprint density at radius 2 is 1.57 bits per heavy atom. The summed E-state index contributed by atoms with van der Waals surface area (Å²) in [5, 5.41) is 0. The second-order valence-electron chi connectivity index (χ2n) is 7.15. The zero-order chi connectivity index (χ0) is 19.8. The topological polar surface area (TPSA) is 49.9 Å². The molecule has 3 rings (SSSR count). The van der Waals surface area contributed by atoms with Gasteiger partial charge in [-0.25, -0.2) is 0 Å². The van der Waals surface area contributed by atoms with E-state index in [1.165, 1.54) is 5.56 Å². The van der Waals surface area contributed by atoms with Gasteiger partial charge in [0.1, 0.15) is 6.04 Å². The molecular weight excluding hydrogens is 352 g/mol. The van der Waals surface area contributed by atoms with Crippen LogP contribution in [-0.4, -0.2) is 53.9 Å². The molecule has 5 heteroatoms. The van der Waals surface area contributed by atoms with E-state index in [1.807, 2.05) is 67.6 Å². The molecule has 148 valence electrons. The molecule has 1 aliphatic heterocycles. The molecule has 5 nitrogen and oxygen atoms in total. The summed E-state index contributed by atoms with van der Waals surface area (Å²) in [6.45, 7) is 4.24. The summed E-state index contributed by atoms with van der Waals surface area (Å²) in [7, 11) is 0. The maximum absolute atomic E-state index is 12.7. The minimum Gasteiger partial charge on any atom is -0.377 e. The predicted octanol–water partition coefficient (Wildman–Crippen LogP) is 2.90. The normalized spacial score (nSPS) is 17.2. The fraction of sp³-hybridized carbons (Fsp3) is 0.391. The lowest BCUT2D eigenvalue weighted by molar-refractivity contribution is -0.155. The monoisotopic (exact) mass is 380 g/mol. The highest BCUT2D eigenvalue weighted by Gasteiger charge is 2.35. The molecule has 2 amide bonds. The van der Waals surface area contributed by atoms with Gasteiger partial charge in [0.25, 0.3) is 0 Å². The maximum Gasteiger partial charge on any atom is 0.245 e. The molecule has 2 aromatic carbocycles. The van der Waals surface area contributed by atoms with E-state index < -0.39 is 6.04 Å². The molecule has 1 aliphatic rings. The molecule has 28 heavy (non-hydrogen) atoms. The van der Waals surface area contributed by atoms with Gasteiger partial charge >= 0.3 is 0 Å². The van der Waals surface area contributed by atoms with Gasteiger partial charge in [-0.2, -0.15) is 0 Å². The van der Waals surface area contributed by atoms with Crippen LogP contribution in [-0.2, 0) is 27.4 Å². The highest BCUT2D eigenvalue weighted by molar-refractivity contribution is 5.94. The molecule has 0 saturated carbocycles. The Bertz CT molecular complexity index is 764. The Balaban J connectivity index is 1.41. The number of carbonyl (C=O) groups is 2. The first-order valence-corrected chi connectivity index (χ1v) is 9.89. The van der Waals surface area contributed by atoms with Crippen molar-refractivity contribution in [1.82, 2.24) is 9.80 Å². The van der Waals surface area contributed by atoms with Crippen LogP contribution in [0.1, 0.15) is 24.5 Å².